The average molecular weight is 374 g/mol. The van der Waals surface area contributed by atoms with Gasteiger partial charge in [0, 0.05) is 25.3 Å². The molecule has 1 fully saturated rings. The number of hydrogen-bond acceptors (Lipinski definition) is 5. The van der Waals surface area contributed by atoms with Crippen LogP contribution in [0, 0.1) is 15.5 Å². The monoisotopic (exact) mass is 374 g/mol. The van der Waals surface area contributed by atoms with Crippen molar-refractivity contribution in [3.63, 3.8) is 0 Å². The molecule has 0 radical (unpaired) electrons. The molecule has 1 saturated heterocycles. The van der Waals surface area contributed by atoms with E-state index in [9.17, 15) is 18.5 Å². The van der Waals surface area contributed by atoms with Crippen LogP contribution in [0.25, 0.3) is 0 Å². The molecule has 0 saturated carbocycles. The maximum Gasteiger partial charge on any atom is 0.311 e. The van der Waals surface area contributed by atoms with Crippen LogP contribution in [-0.2, 0) is 9.84 Å². The van der Waals surface area contributed by atoms with E-state index in [1.165, 1.54) is 11.6 Å². The zero-order valence-electron chi connectivity index (χ0n) is 15.0. The normalized spacial score (nSPS) is 19.5. The Hall–Kier alpha value is -2.41. The summed E-state index contributed by atoms with van der Waals surface area (Å²) in [5, 5.41) is 11.7. The van der Waals surface area contributed by atoms with Gasteiger partial charge in [0.15, 0.2) is 9.84 Å². The van der Waals surface area contributed by atoms with Crippen LogP contribution in [0.2, 0.25) is 0 Å². The third kappa shape index (κ3) is 3.31. The zero-order valence-corrected chi connectivity index (χ0v) is 15.9. The summed E-state index contributed by atoms with van der Waals surface area (Å²) in [6.07, 6.45) is 1.000. The van der Waals surface area contributed by atoms with Crippen molar-refractivity contribution >= 4 is 21.2 Å². The quantitative estimate of drug-likeness (QED) is 0.603. The van der Waals surface area contributed by atoms with E-state index in [0.29, 0.717) is 18.8 Å². The van der Waals surface area contributed by atoms with E-state index in [1.807, 2.05) is 23.1 Å². The molecule has 6 nitrogen and oxygen atoms in total. The number of benzene rings is 2. The van der Waals surface area contributed by atoms with Crippen LogP contribution in [0.5, 0.6) is 0 Å². The molecule has 1 heterocycles. The second kappa shape index (κ2) is 6.39. The molecule has 2 aromatic carbocycles. The molecule has 1 unspecified atom stereocenters. The molecule has 26 heavy (non-hydrogen) atoms. The molecule has 2 aromatic rings. The van der Waals surface area contributed by atoms with Gasteiger partial charge in [-0.15, -0.1) is 0 Å². The molecule has 3 rings (SSSR count). The number of nitro groups is 1. The minimum Gasteiger partial charge on any atom is -0.365 e. The van der Waals surface area contributed by atoms with Gasteiger partial charge in [-0.3, -0.25) is 10.1 Å². The molecule has 138 valence electrons. The lowest BCUT2D eigenvalue weighted by molar-refractivity contribution is -0.387. The standard InChI is InChI=1S/C19H22N2O4S/c1-19(2)13-20(12-15(19)14-8-5-4-6-9-14)16-10-7-11-17(26(3,24)25)18(16)21(22)23/h4-11,15H,12-13H2,1-3H3. The number of hydrogen-bond donors (Lipinski definition) is 0. The van der Waals surface area contributed by atoms with Gasteiger partial charge in [-0.2, -0.15) is 0 Å². The van der Waals surface area contributed by atoms with Crippen LogP contribution in [0.4, 0.5) is 11.4 Å². The van der Waals surface area contributed by atoms with Gasteiger partial charge in [-0.1, -0.05) is 50.2 Å². The van der Waals surface area contributed by atoms with E-state index in [4.69, 9.17) is 0 Å². The maximum atomic E-state index is 12.0. The van der Waals surface area contributed by atoms with Crippen LogP contribution in [0.15, 0.2) is 53.4 Å². The molecular formula is C19H22N2O4S. The number of para-hydroxylation sites is 1. The summed E-state index contributed by atoms with van der Waals surface area (Å²) in [6.45, 7) is 5.49. The van der Waals surface area contributed by atoms with Gasteiger partial charge < -0.3 is 4.90 Å². The SMILES string of the molecule is CC1(C)CN(c2cccc(S(C)(=O)=O)c2[N+](=O)[O-])CC1c1ccccc1. The molecule has 1 atom stereocenters. The molecule has 0 amide bonds. The third-order valence-corrected chi connectivity index (χ3v) is 6.18. The van der Waals surface area contributed by atoms with Gasteiger partial charge in [-0.05, 0) is 23.1 Å². The van der Waals surface area contributed by atoms with E-state index < -0.39 is 14.8 Å². The molecule has 1 aliphatic rings. The number of anilines is 1. The average Bonchev–Trinajstić information content (AvgIpc) is 2.89. The number of sulfone groups is 1. The van der Waals surface area contributed by atoms with Crippen LogP contribution in [0.3, 0.4) is 0 Å². The first-order chi connectivity index (χ1) is 12.1. The van der Waals surface area contributed by atoms with Crippen LogP contribution < -0.4 is 4.90 Å². The van der Waals surface area contributed by atoms with Crippen LogP contribution in [-0.4, -0.2) is 32.7 Å². The summed E-state index contributed by atoms with van der Waals surface area (Å²) < 4.78 is 24.0. The summed E-state index contributed by atoms with van der Waals surface area (Å²) in [5.74, 6) is 0.199. The first kappa shape index (κ1) is 18.4. The highest BCUT2D eigenvalue weighted by atomic mass is 32.2. The largest absolute Gasteiger partial charge is 0.365 e. The number of rotatable bonds is 4. The lowest BCUT2D eigenvalue weighted by Gasteiger charge is -2.25. The Labute approximate surface area is 153 Å². The van der Waals surface area contributed by atoms with E-state index in [0.717, 1.165) is 6.26 Å². The van der Waals surface area contributed by atoms with E-state index in [1.54, 1.807) is 12.1 Å². The Balaban J connectivity index is 2.07. The molecule has 0 N–H and O–H groups in total. The van der Waals surface area contributed by atoms with Crippen molar-refractivity contribution in [1.29, 1.82) is 0 Å². The van der Waals surface area contributed by atoms with Crippen LogP contribution in [0.1, 0.15) is 25.3 Å². The molecule has 0 aromatic heterocycles. The summed E-state index contributed by atoms with van der Waals surface area (Å²) in [5.41, 5.74) is 1.11. The van der Waals surface area contributed by atoms with E-state index >= 15 is 0 Å². The van der Waals surface area contributed by atoms with Gasteiger partial charge >= 0.3 is 5.69 Å². The van der Waals surface area contributed by atoms with Crippen molar-refractivity contribution in [3.05, 3.63) is 64.2 Å². The van der Waals surface area contributed by atoms with E-state index in [2.05, 4.69) is 26.0 Å². The highest BCUT2D eigenvalue weighted by Gasteiger charge is 2.42. The second-order valence-electron chi connectivity index (χ2n) is 7.49. The molecule has 0 spiro atoms. The Morgan fingerprint density at radius 3 is 2.35 bits per heavy atom. The van der Waals surface area contributed by atoms with Gasteiger partial charge in [-0.25, -0.2) is 8.42 Å². The van der Waals surface area contributed by atoms with Crippen LogP contribution >= 0.6 is 0 Å². The van der Waals surface area contributed by atoms with Gasteiger partial charge in [0.25, 0.3) is 0 Å². The second-order valence-corrected chi connectivity index (χ2v) is 9.47. The summed E-state index contributed by atoms with van der Waals surface area (Å²) in [6, 6.07) is 14.6. The van der Waals surface area contributed by atoms with Crippen molar-refractivity contribution in [2.45, 2.75) is 24.7 Å². The first-order valence-corrected chi connectivity index (χ1v) is 10.3. The maximum absolute atomic E-state index is 12.0. The molecule has 0 bridgehead atoms. The predicted octanol–water partition coefficient (Wildman–Crippen LogP) is 3.63. The van der Waals surface area contributed by atoms with Gasteiger partial charge in [0.05, 0.1) is 4.92 Å². The fourth-order valence-corrected chi connectivity index (χ4v) is 4.66. The fraction of sp³-hybridized carbons (Fsp3) is 0.368. The van der Waals surface area contributed by atoms with Gasteiger partial charge in [0.2, 0.25) is 0 Å². The smallest absolute Gasteiger partial charge is 0.311 e. The van der Waals surface area contributed by atoms with Crippen molar-refractivity contribution in [2.24, 2.45) is 5.41 Å². The lowest BCUT2D eigenvalue weighted by atomic mass is 9.78. The van der Waals surface area contributed by atoms with Gasteiger partial charge in [0.1, 0.15) is 10.6 Å². The topological polar surface area (TPSA) is 80.5 Å². The summed E-state index contributed by atoms with van der Waals surface area (Å²) in [4.78, 5) is 12.8. The Morgan fingerprint density at radius 1 is 1.12 bits per heavy atom. The van der Waals surface area contributed by atoms with E-state index in [-0.39, 0.29) is 21.9 Å². The number of nitrogens with zero attached hydrogens (tertiary/aromatic N) is 2. The summed E-state index contributed by atoms with van der Waals surface area (Å²) >= 11 is 0. The molecule has 1 aliphatic heterocycles. The van der Waals surface area contributed by atoms with Crippen molar-refractivity contribution in [3.8, 4) is 0 Å². The Morgan fingerprint density at radius 2 is 1.77 bits per heavy atom. The molecule has 7 heteroatoms. The zero-order chi connectivity index (χ0) is 19.1. The highest BCUT2D eigenvalue weighted by Crippen LogP contribution is 2.46. The fourth-order valence-electron chi connectivity index (χ4n) is 3.81. The minimum absolute atomic E-state index is 0.101. The first-order valence-electron chi connectivity index (χ1n) is 8.38. The minimum atomic E-state index is -3.69. The number of nitro benzene ring substituents is 1. The lowest BCUT2D eigenvalue weighted by Crippen LogP contribution is -2.24. The Bertz CT molecular complexity index is 939. The molecular weight excluding hydrogens is 352 g/mol. The predicted molar refractivity (Wildman–Crippen MR) is 101 cm³/mol. The Kier molecular flexibility index (Phi) is 4.52. The highest BCUT2D eigenvalue weighted by molar-refractivity contribution is 7.90. The summed E-state index contributed by atoms with van der Waals surface area (Å²) in [7, 11) is -3.69. The third-order valence-electron chi connectivity index (χ3n) is 5.05. The van der Waals surface area contributed by atoms with Crippen molar-refractivity contribution in [2.75, 3.05) is 24.2 Å². The molecule has 0 aliphatic carbocycles. The van der Waals surface area contributed by atoms with Crippen molar-refractivity contribution < 1.29 is 13.3 Å². The van der Waals surface area contributed by atoms with Crippen molar-refractivity contribution in [1.82, 2.24) is 0 Å².